The maximum atomic E-state index is 14.8. The number of fused-ring (bicyclic) bond motifs is 1. The van der Waals surface area contributed by atoms with Crippen LogP contribution >= 0.6 is 11.6 Å². The predicted molar refractivity (Wildman–Crippen MR) is 144 cm³/mol. The van der Waals surface area contributed by atoms with Gasteiger partial charge in [0.1, 0.15) is 16.9 Å². The molecule has 4 rings (SSSR count). The Morgan fingerprint density at radius 3 is 2.63 bits per heavy atom. The SMILES string of the molecule is CC(=O)NC1CC(C)(C)c2ccc(Nc3ncc(Cl)c(Nc4c(C(N)=O)ccc(C)c4F)n3)cc2NC1=O. The number of nitrogens with one attached hydrogen (secondary N) is 4. The second-order valence-corrected chi connectivity index (χ2v) is 10.1. The average Bonchev–Trinajstić information content (AvgIpc) is 2.91. The van der Waals surface area contributed by atoms with Crippen molar-refractivity contribution < 1.29 is 18.8 Å². The molecule has 0 saturated heterocycles. The Labute approximate surface area is 223 Å². The zero-order valence-corrected chi connectivity index (χ0v) is 22.0. The minimum Gasteiger partial charge on any atom is -0.366 e. The molecule has 0 saturated carbocycles. The van der Waals surface area contributed by atoms with Crippen LogP contribution in [0, 0.1) is 12.7 Å². The lowest BCUT2D eigenvalue weighted by Crippen LogP contribution is -2.44. The van der Waals surface area contributed by atoms with Crippen LogP contribution in [0.1, 0.15) is 48.7 Å². The summed E-state index contributed by atoms with van der Waals surface area (Å²) in [5.41, 5.74) is 7.14. The molecule has 6 N–H and O–H groups in total. The van der Waals surface area contributed by atoms with E-state index < -0.39 is 23.2 Å². The normalized spacial score (nSPS) is 16.1. The van der Waals surface area contributed by atoms with E-state index in [0.29, 0.717) is 23.4 Å². The Hall–Kier alpha value is -4.25. The van der Waals surface area contributed by atoms with Gasteiger partial charge in [0.25, 0.3) is 5.91 Å². The monoisotopic (exact) mass is 539 g/mol. The highest BCUT2D eigenvalue weighted by Gasteiger charge is 2.35. The van der Waals surface area contributed by atoms with Gasteiger partial charge in [-0.25, -0.2) is 9.37 Å². The third-order valence-corrected chi connectivity index (χ3v) is 6.54. The lowest BCUT2D eigenvalue weighted by molar-refractivity contribution is -0.125. The lowest BCUT2D eigenvalue weighted by Gasteiger charge is -2.27. The molecule has 3 amide bonds. The summed E-state index contributed by atoms with van der Waals surface area (Å²) < 4.78 is 14.8. The lowest BCUT2D eigenvalue weighted by atomic mass is 9.79. The molecular weight excluding hydrogens is 513 g/mol. The van der Waals surface area contributed by atoms with Crippen molar-refractivity contribution >= 4 is 58.2 Å². The Morgan fingerprint density at radius 2 is 1.95 bits per heavy atom. The number of carbonyl (C=O) groups excluding carboxylic acids is 3. The van der Waals surface area contributed by atoms with E-state index in [1.54, 1.807) is 13.0 Å². The number of aromatic nitrogens is 2. The fourth-order valence-corrected chi connectivity index (χ4v) is 4.52. The van der Waals surface area contributed by atoms with Gasteiger partial charge in [-0.1, -0.05) is 37.6 Å². The molecule has 2 heterocycles. The quantitative estimate of drug-likeness (QED) is 0.313. The number of carbonyl (C=O) groups is 3. The molecule has 0 radical (unpaired) electrons. The van der Waals surface area contributed by atoms with Crippen molar-refractivity contribution in [3.05, 3.63) is 64.1 Å². The summed E-state index contributed by atoms with van der Waals surface area (Å²) in [6, 6.07) is 7.62. The van der Waals surface area contributed by atoms with Crippen LogP contribution in [0.25, 0.3) is 0 Å². The zero-order chi connectivity index (χ0) is 27.8. The van der Waals surface area contributed by atoms with E-state index in [9.17, 15) is 18.8 Å². The number of rotatable bonds is 6. The summed E-state index contributed by atoms with van der Waals surface area (Å²) in [7, 11) is 0. The Morgan fingerprint density at radius 1 is 1.21 bits per heavy atom. The van der Waals surface area contributed by atoms with E-state index in [1.165, 1.54) is 25.3 Å². The van der Waals surface area contributed by atoms with Gasteiger partial charge < -0.3 is 27.0 Å². The number of hydrogen-bond donors (Lipinski definition) is 5. The molecule has 1 unspecified atom stereocenters. The van der Waals surface area contributed by atoms with Gasteiger partial charge in [0.2, 0.25) is 17.8 Å². The summed E-state index contributed by atoms with van der Waals surface area (Å²) in [5.74, 6) is -1.90. The van der Waals surface area contributed by atoms with Gasteiger partial charge in [-0.15, -0.1) is 0 Å². The highest BCUT2D eigenvalue weighted by molar-refractivity contribution is 6.33. The van der Waals surface area contributed by atoms with Gasteiger partial charge in [0.15, 0.2) is 5.82 Å². The van der Waals surface area contributed by atoms with Crippen LogP contribution in [0.15, 0.2) is 36.5 Å². The van der Waals surface area contributed by atoms with Crippen LogP contribution < -0.4 is 27.0 Å². The van der Waals surface area contributed by atoms with Crippen molar-refractivity contribution in [3.63, 3.8) is 0 Å². The van der Waals surface area contributed by atoms with Crippen LogP contribution in [0.5, 0.6) is 0 Å². The topological polar surface area (TPSA) is 151 Å². The number of nitrogens with two attached hydrogens (primary N) is 1. The van der Waals surface area contributed by atoms with Crippen molar-refractivity contribution in [1.29, 1.82) is 0 Å². The van der Waals surface area contributed by atoms with Crippen molar-refractivity contribution in [3.8, 4) is 0 Å². The minimum absolute atomic E-state index is 0.0542. The molecule has 1 aliphatic heterocycles. The predicted octanol–water partition coefficient (Wildman–Crippen LogP) is 4.29. The minimum atomic E-state index is -0.814. The summed E-state index contributed by atoms with van der Waals surface area (Å²) in [6.45, 7) is 6.92. The number of anilines is 5. The molecule has 0 aliphatic carbocycles. The standard InChI is InChI=1S/C26H27ClFN7O3/c1-12-5-7-15(22(29)37)21(20(12)28)34-23-17(27)11-30-25(35-23)32-14-6-8-16-18(9-14)33-24(38)19(31-13(2)36)10-26(16,3)4/h5-9,11,19H,10H2,1-4H3,(H2,29,37)(H,31,36)(H,33,38)(H2,30,32,34,35). The zero-order valence-electron chi connectivity index (χ0n) is 21.2. The molecule has 3 aromatic rings. The second-order valence-electron chi connectivity index (χ2n) is 9.71. The van der Waals surface area contributed by atoms with Gasteiger partial charge in [-0.2, -0.15) is 4.98 Å². The molecular formula is C26H27ClFN7O3. The maximum absolute atomic E-state index is 14.8. The smallest absolute Gasteiger partial charge is 0.250 e. The molecule has 0 fully saturated rings. The third-order valence-electron chi connectivity index (χ3n) is 6.26. The summed E-state index contributed by atoms with van der Waals surface area (Å²) in [4.78, 5) is 44.7. The number of hydrogen-bond acceptors (Lipinski definition) is 7. The maximum Gasteiger partial charge on any atom is 0.250 e. The van der Waals surface area contributed by atoms with Crippen LogP contribution in [-0.4, -0.2) is 33.7 Å². The van der Waals surface area contributed by atoms with Crippen molar-refractivity contribution in [1.82, 2.24) is 15.3 Å². The molecule has 0 spiro atoms. The van der Waals surface area contributed by atoms with E-state index in [-0.39, 0.29) is 39.9 Å². The van der Waals surface area contributed by atoms with E-state index in [4.69, 9.17) is 17.3 Å². The fraction of sp³-hybridized carbons (Fsp3) is 0.269. The summed E-state index contributed by atoms with van der Waals surface area (Å²) in [6.07, 6.45) is 1.75. The molecule has 10 nitrogen and oxygen atoms in total. The van der Waals surface area contributed by atoms with Gasteiger partial charge in [0, 0.05) is 18.3 Å². The molecule has 1 aromatic heterocycles. The molecule has 38 heavy (non-hydrogen) atoms. The number of primary amides is 1. The first-order valence-corrected chi connectivity index (χ1v) is 12.1. The van der Waals surface area contributed by atoms with E-state index in [2.05, 4.69) is 31.2 Å². The first kappa shape index (κ1) is 26.8. The fourth-order valence-electron chi connectivity index (χ4n) is 4.38. The number of nitrogens with zero attached hydrogens (tertiary/aromatic N) is 2. The Bertz CT molecular complexity index is 1460. The van der Waals surface area contributed by atoms with Gasteiger partial charge in [0.05, 0.1) is 17.4 Å². The van der Waals surface area contributed by atoms with Crippen LogP contribution in [-0.2, 0) is 15.0 Å². The highest BCUT2D eigenvalue weighted by Crippen LogP contribution is 2.38. The third kappa shape index (κ3) is 5.52. The first-order chi connectivity index (χ1) is 17.9. The van der Waals surface area contributed by atoms with Crippen LogP contribution in [0.2, 0.25) is 5.02 Å². The number of aryl methyl sites for hydroxylation is 1. The van der Waals surface area contributed by atoms with Gasteiger partial charge >= 0.3 is 0 Å². The van der Waals surface area contributed by atoms with E-state index in [0.717, 1.165) is 5.56 Å². The number of halogens is 2. The highest BCUT2D eigenvalue weighted by atomic mass is 35.5. The molecule has 0 bridgehead atoms. The number of amides is 3. The van der Waals surface area contributed by atoms with Crippen LogP contribution in [0.4, 0.5) is 33.2 Å². The Kier molecular flexibility index (Phi) is 7.23. The number of benzene rings is 2. The summed E-state index contributed by atoms with van der Waals surface area (Å²) >= 11 is 6.25. The molecule has 198 valence electrons. The van der Waals surface area contributed by atoms with Gasteiger partial charge in [-0.05, 0) is 48.1 Å². The Balaban J connectivity index is 1.63. The van der Waals surface area contributed by atoms with Crippen molar-refractivity contribution in [2.24, 2.45) is 5.73 Å². The van der Waals surface area contributed by atoms with Crippen molar-refractivity contribution in [2.45, 2.75) is 45.6 Å². The summed E-state index contributed by atoms with van der Waals surface area (Å²) in [5, 5.41) is 11.5. The molecule has 2 aromatic carbocycles. The molecule has 1 atom stereocenters. The molecule has 12 heteroatoms. The van der Waals surface area contributed by atoms with Gasteiger partial charge in [-0.3, -0.25) is 14.4 Å². The van der Waals surface area contributed by atoms with E-state index >= 15 is 0 Å². The largest absolute Gasteiger partial charge is 0.366 e. The molecule has 1 aliphatic rings. The average molecular weight is 540 g/mol. The van der Waals surface area contributed by atoms with E-state index in [1.807, 2.05) is 26.0 Å². The van der Waals surface area contributed by atoms with Crippen molar-refractivity contribution in [2.75, 3.05) is 16.0 Å². The first-order valence-electron chi connectivity index (χ1n) is 11.7. The van der Waals surface area contributed by atoms with Crippen LogP contribution in [0.3, 0.4) is 0 Å². The second kappa shape index (κ2) is 10.3.